The molecule has 0 amide bonds. The van der Waals surface area contributed by atoms with E-state index in [1.807, 2.05) is 59.9 Å². The molecule has 5 nitrogen and oxygen atoms in total. The minimum absolute atomic E-state index is 0.586. The summed E-state index contributed by atoms with van der Waals surface area (Å²) >= 11 is 1.85. The van der Waals surface area contributed by atoms with Crippen molar-refractivity contribution in [2.45, 2.75) is 0 Å². The molecule has 0 N–H and O–H groups in total. The Morgan fingerprint density at radius 3 is 1.79 bits per heavy atom. The van der Waals surface area contributed by atoms with E-state index in [2.05, 4.69) is 138 Å². The molecule has 0 aliphatic carbocycles. The number of fused-ring (bicyclic) bond motifs is 10. The Balaban J connectivity index is 1.13. The number of nitrogens with zero attached hydrogens (tertiary/aromatic N) is 4. The quantitative estimate of drug-likeness (QED) is 0.176. The van der Waals surface area contributed by atoms with Crippen molar-refractivity contribution in [3.63, 3.8) is 0 Å². The zero-order valence-corrected chi connectivity index (χ0v) is 31.2. The number of hydrogen-bond acceptors (Lipinski definition) is 5. The molecule has 0 unspecified atom stereocenters. The molecule has 0 radical (unpaired) electrons. The summed E-state index contributed by atoms with van der Waals surface area (Å²) in [6, 6.07) is 63.5. The van der Waals surface area contributed by atoms with Crippen LogP contribution in [0.25, 0.3) is 115 Å². The van der Waals surface area contributed by atoms with Crippen molar-refractivity contribution in [2.75, 3.05) is 0 Å². The molecule has 0 saturated carbocycles. The second-order valence-corrected chi connectivity index (χ2v) is 15.4. The third-order valence-electron chi connectivity index (χ3n) is 11.1. The summed E-state index contributed by atoms with van der Waals surface area (Å²) in [5.74, 6) is 1.81. The largest absolute Gasteiger partial charge is 0.454 e. The van der Waals surface area contributed by atoms with E-state index in [0.29, 0.717) is 17.5 Å². The molecular weight excluding hydrogens is 717 g/mol. The van der Waals surface area contributed by atoms with E-state index in [-0.39, 0.29) is 0 Å². The van der Waals surface area contributed by atoms with Crippen molar-refractivity contribution < 1.29 is 4.42 Å². The average Bonchev–Trinajstić information content (AvgIpc) is 3.97. The fourth-order valence-electron chi connectivity index (χ4n) is 8.44. The van der Waals surface area contributed by atoms with Gasteiger partial charge in [-0.15, -0.1) is 11.3 Å². The van der Waals surface area contributed by atoms with Gasteiger partial charge in [0.25, 0.3) is 0 Å². The van der Waals surface area contributed by atoms with Crippen LogP contribution in [0, 0.1) is 0 Å². The zero-order valence-electron chi connectivity index (χ0n) is 30.4. The predicted molar refractivity (Wildman–Crippen MR) is 236 cm³/mol. The van der Waals surface area contributed by atoms with Crippen molar-refractivity contribution >= 4 is 75.3 Å². The Bertz CT molecular complexity index is 3510. The van der Waals surface area contributed by atoms with Gasteiger partial charge >= 0.3 is 0 Å². The summed E-state index contributed by atoms with van der Waals surface area (Å²) in [7, 11) is 0. The normalized spacial score (nSPS) is 11.9. The second kappa shape index (κ2) is 12.6. The van der Waals surface area contributed by atoms with Crippen LogP contribution < -0.4 is 0 Å². The number of rotatable bonds is 5. The topological polar surface area (TPSA) is 56.7 Å². The van der Waals surface area contributed by atoms with Crippen molar-refractivity contribution in [1.82, 2.24) is 19.5 Å². The van der Waals surface area contributed by atoms with E-state index in [4.69, 9.17) is 19.4 Å². The van der Waals surface area contributed by atoms with Gasteiger partial charge < -0.3 is 8.98 Å². The number of furan rings is 1. The average molecular weight is 747 g/mol. The molecule has 12 aromatic rings. The van der Waals surface area contributed by atoms with Crippen LogP contribution in [0.5, 0.6) is 0 Å². The fraction of sp³-hybridized carbons (Fsp3) is 0. The van der Waals surface area contributed by atoms with E-state index in [1.165, 1.54) is 36.5 Å². The van der Waals surface area contributed by atoms with Gasteiger partial charge in [0.1, 0.15) is 5.58 Å². The highest BCUT2D eigenvalue weighted by Crippen LogP contribution is 2.46. The SMILES string of the molecule is c1ccc(-c2ccc(-c3nc(-c4ccccc4)nc(-c4ccc(-n5c6ccccc6c6ccc7c8ccccc8sc7c65)c5oc6ccccc6c45)n3)cc2)cc1. The summed E-state index contributed by atoms with van der Waals surface area (Å²) < 4.78 is 11.9. The minimum atomic E-state index is 0.586. The summed E-state index contributed by atoms with van der Waals surface area (Å²) in [6.07, 6.45) is 0. The molecule has 0 spiro atoms. The lowest BCUT2D eigenvalue weighted by Crippen LogP contribution is -2.01. The van der Waals surface area contributed by atoms with Crippen molar-refractivity contribution in [1.29, 1.82) is 0 Å². The highest BCUT2D eigenvalue weighted by molar-refractivity contribution is 7.26. The number of hydrogen-bond donors (Lipinski definition) is 0. The van der Waals surface area contributed by atoms with Gasteiger partial charge in [-0.05, 0) is 41.5 Å². The van der Waals surface area contributed by atoms with Gasteiger partial charge in [-0.1, -0.05) is 152 Å². The molecular formula is C51H30N4OS. The molecule has 0 aliphatic heterocycles. The second-order valence-electron chi connectivity index (χ2n) is 14.3. The highest BCUT2D eigenvalue weighted by Gasteiger charge is 2.24. The summed E-state index contributed by atoms with van der Waals surface area (Å²) in [6.45, 7) is 0. The van der Waals surface area contributed by atoms with E-state index < -0.39 is 0 Å². The van der Waals surface area contributed by atoms with E-state index in [9.17, 15) is 0 Å². The molecule has 12 rings (SSSR count). The molecule has 0 aliphatic rings. The Hall–Kier alpha value is -7.41. The van der Waals surface area contributed by atoms with Crippen molar-refractivity contribution in [3.8, 4) is 51.0 Å². The molecule has 0 bridgehead atoms. The van der Waals surface area contributed by atoms with E-state index >= 15 is 0 Å². The van der Waals surface area contributed by atoms with E-state index in [0.717, 1.165) is 61.0 Å². The molecule has 8 aromatic carbocycles. The highest BCUT2D eigenvalue weighted by atomic mass is 32.1. The molecule has 57 heavy (non-hydrogen) atoms. The maximum Gasteiger partial charge on any atom is 0.164 e. The molecule has 0 saturated heterocycles. The Morgan fingerprint density at radius 2 is 1.00 bits per heavy atom. The van der Waals surface area contributed by atoms with Gasteiger partial charge in [0, 0.05) is 53.7 Å². The summed E-state index contributed by atoms with van der Waals surface area (Å²) in [5.41, 5.74) is 9.88. The van der Waals surface area contributed by atoms with Crippen LogP contribution in [0.15, 0.2) is 186 Å². The maximum atomic E-state index is 6.93. The van der Waals surface area contributed by atoms with Gasteiger partial charge in [-0.25, -0.2) is 15.0 Å². The van der Waals surface area contributed by atoms with Crippen molar-refractivity contribution in [2.24, 2.45) is 0 Å². The number of para-hydroxylation sites is 2. The monoisotopic (exact) mass is 746 g/mol. The smallest absolute Gasteiger partial charge is 0.164 e. The van der Waals surface area contributed by atoms with Crippen LogP contribution in [-0.4, -0.2) is 19.5 Å². The molecule has 4 heterocycles. The lowest BCUT2D eigenvalue weighted by atomic mass is 10.0. The first kappa shape index (κ1) is 31.9. The summed E-state index contributed by atoms with van der Waals surface area (Å²) in [4.78, 5) is 15.5. The maximum absolute atomic E-state index is 6.93. The molecule has 266 valence electrons. The Labute approximate surface area is 330 Å². The van der Waals surface area contributed by atoms with Crippen LogP contribution in [0.4, 0.5) is 0 Å². The summed E-state index contributed by atoms with van der Waals surface area (Å²) in [5, 5.41) is 6.92. The molecule has 4 aromatic heterocycles. The fourth-order valence-corrected chi connectivity index (χ4v) is 9.68. The van der Waals surface area contributed by atoms with E-state index in [1.54, 1.807) is 0 Å². The number of benzene rings is 8. The van der Waals surface area contributed by atoms with Gasteiger partial charge in [-0.3, -0.25) is 0 Å². The zero-order chi connectivity index (χ0) is 37.5. The number of aromatic nitrogens is 4. The van der Waals surface area contributed by atoms with Gasteiger partial charge in [0.05, 0.1) is 21.4 Å². The molecule has 0 atom stereocenters. The molecule has 0 fully saturated rings. The standard InChI is InChI=1S/C51H30N4OS/c1-3-13-31(14-4-1)32-23-25-34(26-24-32)50-52-49(33-15-5-2-6-16-33)53-51(54-50)40-29-30-42(47-45(40)39-19-8-11-21-43(39)56-47)55-41-20-10-7-17-35(41)37-27-28-38-36-18-9-12-22-44(36)57-48(38)46(37)55/h1-30H. The van der Waals surface area contributed by atoms with Crippen LogP contribution in [0.1, 0.15) is 0 Å². The third kappa shape index (κ3) is 4.98. The lowest BCUT2D eigenvalue weighted by Gasteiger charge is -2.13. The minimum Gasteiger partial charge on any atom is -0.454 e. The van der Waals surface area contributed by atoms with Crippen LogP contribution in [-0.2, 0) is 0 Å². The Kier molecular flexibility index (Phi) is 7.03. The van der Waals surface area contributed by atoms with Gasteiger partial charge in [0.2, 0.25) is 0 Å². The van der Waals surface area contributed by atoms with Gasteiger partial charge in [-0.2, -0.15) is 0 Å². The third-order valence-corrected chi connectivity index (χ3v) is 12.3. The first-order valence-corrected chi connectivity index (χ1v) is 19.8. The lowest BCUT2D eigenvalue weighted by molar-refractivity contribution is 0.666. The van der Waals surface area contributed by atoms with Crippen LogP contribution in [0.3, 0.4) is 0 Å². The first-order valence-electron chi connectivity index (χ1n) is 19.0. The number of thiophene rings is 1. The van der Waals surface area contributed by atoms with Crippen LogP contribution in [0.2, 0.25) is 0 Å². The first-order chi connectivity index (χ1) is 28.3. The Morgan fingerprint density at radius 1 is 0.421 bits per heavy atom. The molecule has 6 heteroatoms. The van der Waals surface area contributed by atoms with Crippen LogP contribution >= 0.6 is 11.3 Å². The van der Waals surface area contributed by atoms with Crippen molar-refractivity contribution in [3.05, 3.63) is 182 Å². The predicted octanol–water partition coefficient (Wildman–Crippen LogP) is 13.9. The van der Waals surface area contributed by atoms with Gasteiger partial charge in [0.15, 0.2) is 23.1 Å².